The first-order valence-corrected chi connectivity index (χ1v) is 7.91. The number of carbonyl (C=O) groups excluding carboxylic acids is 2. The van der Waals surface area contributed by atoms with Crippen LogP contribution in [0.15, 0.2) is 35.1 Å². The standard InChI is InChI=1S/C18H20N2O4/c1-18(2,3)24-17(22)14-10-12(6-8-19-14)20-16(21)13-7-9-23-15(13)11-4-5-11/h6-11H,4-5H2,1-3H3,(H,19,20,21). The largest absolute Gasteiger partial charge is 0.468 e. The highest BCUT2D eigenvalue weighted by Crippen LogP contribution is 2.42. The van der Waals surface area contributed by atoms with Gasteiger partial charge in [-0.25, -0.2) is 9.78 Å². The van der Waals surface area contributed by atoms with Crippen LogP contribution in [-0.2, 0) is 4.74 Å². The minimum Gasteiger partial charge on any atom is -0.468 e. The van der Waals surface area contributed by atoms with Crippen molar-refractivity contribution >= 4 is 17.6 Å². The number of hydrogen-bond acceptors (Lipinski definition) is 5. The summed E-state index contributed by atoms with van der Waals surface area (Å²) in [5.41, 5.74) is 0.567. The molecule has 126 valence electrons. The summed E-state index contributed by atoms with van der Waals surface area (Å²) in [6.07, 6.45) is 5.09. The van der Waals surface area contributed by atoms with Crippen LogP contribution in [0.1, 0.15) is 66.1 Å². The zero-order chi connectivity index (χ0) is 17.3. The molecule has 1 aliphatic rings. The molecule has 0 spiro atoms. The Hall–Kier alpha value is -2.63. The third-order valence-corrected chi connectivity index (χ3v) is 3.51. The Bertz CT molecular complexity index is 769. The van der Waals surface area contributed by atoms with Gasteiger partial charge in [0.25, 0.3) is 5.91 Å². The summed E-state index contributed by atoms with van der Waals surface area (Å²) in [6, 6.07) is 4.80. The summed E-state index contributed by atoms with van der Waals surface area (Å²) < 4.78 is 10.7. The Morgan fingerprint density at radius 1 is 1.29 bits per heavy atom. The van der Waals surface area contributed by atoms with Gasteiger partial charge in [0.2, 0.25) is 0 Å². The Kier molecular flexibility index (Phi) is 4.13. The lowest BCUT2D eigenvalue weighted by atomic mass is 10.1. The summed E-state index contributed by atoms with van der Waals surface area (Å²) in [6.45, 7) is 5.36. The van der Waals surface area contributed by atoms with Crippen LogP contribution in [0.4, 0.5) is 5.69 Å². The van der Waals surface area contributed by atoms with E-state index in [9.17, 15) is 9.59 Å². The number of esters is 1. The van der Waals surface area contributed by atoms with Gasteiger partial charge in [-0.05, 0) is 51.8 Å². The van der Waals surface area contributed by atoms with Crippen molar-refractivity contribution in [3.63, 3.8) is 0 Å². The van der Waals surface area contributed by atoms with Crippen molar-refractivity contribution in [1.82, 2.24) is 4.98 Å². The zero-order valence-corrected chi connectivity index (χ0v) is 14.0. The molecule has 0 aliphatic heterocycles. The lowest BCUT2D eigenvalue weighted by molar-refractivity contribution is 0.00627. The summed E-state index contributed by atoms with van der Waals surface area (Å²) in [7, 11) is 0. The molecule has 6 nitrogen and oxygen atoms in total. The molecule has 1 saturated carbocycles. The van der Waals surface area contributed by atoms with Crippen molar-refractivity contribution in [2.75, 3.05) is 5.32 Å². The number of ether oxygens (including phenoxy) is 1. The molecule has 0 unspecified atom stereocenters. The average molecular weight is 328 g/mol. The van der Waals surface area contributed by atoms with Crippen molar-refractivity contribution < 1.29 is 18.7 Å². The number of nitrogens with zero attached hydrogens (tertiary/aromatic N) is 1. The monoisotopic (exact) mass is 328 g/mol. The number of carbonyl (C=O) groups is 2. The van der Waals surface area contributed by atoms with E-state index in [1.54, 1.807) is 32.9 Å². The maximum atomic E-state index is 12.4. The van der Waals surface area contributed by atoms with Crippen LogP contribution >= 0.6 is 0 Å². The molecule has 0 aromatic carbocycles. The van der Waals surface area contributed by atoms with E-state index in [-0.39, 0.29) is 11.6 Å². The van der Waals surface area contributed by atoms with Gasteiger partial charge >= 0.3 is 5.97 Å². The molecular formula is C18H20N2O4. The van der Waals surface area contributed by atoms with Crippen LogP contribution < -0.4 is 5.32 Å². The Labute approximate surface area is 140 Å². The minimum atomic E-state index is -0.603. The summed E-state index contributed by atoms with van der Waals surface area (Å²) in [5, 5.41) is 2.78. The van der Waals surface area contributed by atoms with Gasteiger partial charge in [-0.1, -0.05) is 0 Å². The lowest BCUT2D eigenvalue weighted by Crippen LogP contribution is -2.24. The van der Waals surface area contributed by atoms with Crippen molar-refractivity contribution in [3.8, 4) is 0 Å². The third kappa shape index (κ3) is 3.82. The van der Waals surface area contributed by atoms with Gasteiger partial charge in [0.15, 0.2) is 0 Å². The van der Waals surface area contributed by atoms with E-state index < -0.39 is 11.6 Å². The van der Waals surface area contributed by atoms with Gasteiger partial charge in [0.1, 0.15) is 17.1 Å². The summed E-state index contributed by atoms with van der Waals surface area (Å²) in [5.74, 6) is 0.289. The molecule has 2 aromatic heterocycles. The lowest BCUT2D eigenvalue weighted by Gasteiger charge is -2.19. The average Bonchev–Trinajstić information content (AvgIpc) is 3.22. The van der Waals surface area contributed by atoms with E-state index in [0.29, 0.717) is 17.2 Å². The summed E-state index contributed by atoms with van der Waals surface area (Å²) in [4.78, 5) is 28.5. The van der Waals surface area contributed by atoms with Crippen molar-refractivity contribution in [2.24, 2.45) is 0 Å². The molecule has 3 rings (SSSR count). The number of aromatic nitrogens is 1. The maximum Gasteiger partial charge on any atom is 0.357 e. The first kappa shape index (κ1) is 16.2. The molecular weight excluding hydrogens is 308 g/mol. The van der Waals surface area contributed by atoms with Gasteiger partial charge in [-0.15, -0.1) is 0 Å². The van der Waals surface area contributed by atoms with E-state index in [2.05, 4.69) is 10.3 Å². The number of hydrogen-bond donors (Lipinski definition) is 1. The Morgan fingerprint density at radius 3 is 2.71 bits per heavy atom. The van der Waals surface area contributed by atoms with Gasteiger partial charge in [0.05, 0.1) is 11.8 Å². The fourth-order valence-corrected chi connectivity index (χ4v) is 2.32. The van der Waals surface area contributed by atoms with Crippen LogP contribution in [0.25, 0.3) is 0 Å². The Morgan fingerprint density at radius 2 is 2.04 bits per heavy atom. The molecule has 1 fully saturated rings. The van der Waals surface area contributed by atoms with E-state index in [4.69, 9.17) is 9.15 Å². The molecule has 0 radical (unpaired) electrons. The van der Waals surface area contributed by atoms with Crippen molar-refractivity contribution in [2.45, 2.75) is 45.1 Å². The second-order valence-corrected chi connectivity index (χ2v) is 6.86. The molecule has 1 N–H and O–H groups in total. The van der Waals surface area contributed by atoms with E-state index in [0.717, 1.165) is 18.6 Å². The van der Waals surface area contributed by atoms with Crippen LogP contribution in [-0.4, -0.2) is 22.5 Å². The van der Waals surface area contributed by atoms with E-state index in [1.165, 1.54) is 18.5 Å². The molecule has 0 atom stereocenters. The normalized spacial score (nSPS) is 14.3. The Balaban J connectivity index is 1.73. The van der Waals surface area contributed by atoms with Crippen LogP contribution in [0, 0.1) is 0 Å². The van der Waals surface area contributed by atoms with Gasteiger partial charge in [0, 0.05) is 17.8 Å². The number of amides is 1. The summed E-state index contributed by atoms with van der Waals surface area (Å²) >= 11 is 0. The minimum absolute atomic E-state index is 0.150. The highest BCUT2D eigenvalue weighted by Gasteiger charge is 2.31. The number of furan rings is 1. The number of anilines is 1. The first-order valence-electron chi connectivity index (χ1n) is 7.91. The predicted octanol–water partition coefficient (Wildman–Crippen LogP) is 3.76. The highest BCUT2D eigenvalue weighted by atomic mass is 16.6. The molecule has 2 heterocycles. The van der Waals surface area contributed by atoms with E-state index >= 15 is 0 Å². The molecule has 0 saturated heterocycles. The second kappa shape index (κ2) is 6.11. The van der Waals surface area contributed by atoms with Gasteiger partial charge in [-0.2, -0.15) is 0 Å². The third-order valence-electron chi connectivity index (χ3n) is 3.51. The number of rotatable bonds is 4. The second-order valence-electron chi connectivity index (χ2n) is 6.86. The number of nitrogens with one attached hydrogen (secondary N) is 1. The molecule has 1 aliphatic carbocycles. The predicted molar refractivity (Wildman–Crippen MR) is 88.0 cm³/mol. The fraction of sp³-hybridized carbons (Fsp3) is 0.389. The quantitative estimate of drug-likeness (QED) is 0.864. The van der Waals surface area contributed by atoms with E-state index in [1.807, 2.05) is 0 Å². The fourth-order valence-electron chi connectivity index (χ4n) is 2.32. The molecule has 0 bridgehead atoms. The van der Waals surface area contributed by atoms with Crippen LogP contribution in [0.5, 0.6) is 0 Å². The van der Waals surface area contributed by atoms with Gasteiger partial charge in [-0.3, -0.25) is 4.79 Å². The maximum absolute atomic E-state index is 12.4. The highest BCUT2D eigenvalue weighted by molar-refractivity contribution is 6.05. The number of pyridine rings is 1. The zero-order valence-electron chi connectivity index (χ0n) is 14.0. The molecule has 2 aromatic rings. The SMILES string of the molecule is CC(C)(C)OC(=O)c1cc(NC(=O)c2ccoc2C2CC2)ccn1. The van der Waals surface area contributed by atoms with Crippen molar-refractivity contribution in [3.05, 3.63) is 47.7 Å². The topological polar surface area (TPSA) is 81.4 Å². The molecule has 24 heavy (non-hydrogen) atoms. The van der Waals surface area contributed by atoms with Gasteiger partial charge < -0.3 is 14.5 Å². The molecule has 1 amide bonds. The van der Waals surface area contributed by atoms with Crippen LogP contribution in [0.3, 0.4) is 0 Å². The smallest absolute Gasteiger partial charge is 0.357 e. The molecule has 6 heteroatoms. The first-order chi connectivity index (χ1) is 11.3. The van der Waals surface area contributed by atoms with Crippen molar-refractivity contribution in [1.29, 1.82) is 0 Å². The van der Waals surface area contributed by atoms with Crippen LogP contribution in [0.2, 0.25) is 0 Å².